The summed E-state index contributed by atoms with van der Waals surface area (Å²) in [5.41, 5.74) is 3.41. The van der Waals surface area contributed by atoms with E-state index in [1.807, 2.05) is 31.2 Å². The Hall–Kier alpha value is -2.48. The molecule has 0 atom stereocenters. The standard InChI is InChI=1S/C17H13NO/c1-12-17(11-19)16(8-9-18-12)15-7-6-13-4-2-3-5-14(13)10-15/h2-11H,1H3. The van der Waals surface area contributed by atoms with E-state index in [9.17, 15) is 4.79 Å². The zero-order valence-electron chi connectivity index (χ0n) is 10.6. The molecule has 0 bridgehead atoms. The minimum Gasteiger partial charge on any atom is -0.298 e. The molecule has 3 rings (SSSR count). The molecule has 0 spiro atoms. The van der Waals surface area contributed by atoms with Crippen molar-refractivity contribution < 1.29 is 4.79 Å². The van der Waals surface area contributed by atoms with E-state index in [1.165, 1.54) is 10.8 Å². The summed E-state index contributed by atoms with van der Waals surface area (Å²) in [6.45, 7) is 1.86. The molecule has 0 radical (unpaired) electrons. The van der Waals surface area contributed by atoms with Crippen LogP contribution in [0.1, 0.15) is 16.1 Å². The number of fused-ring (bicyclic) bond motifs is 1. The molecule has 0 fully saturated rings. The van der Waals surface area contributed by atoms with Crippen LogP contribution < -0.4 is 0 Å². The predicted octanol–water partition coefficient (Wildman–Crippen LogP) is 4.02. The third-order valence-electron chi connectivity index (χ3n) is 3.37. The van der Waals surface area contributed by atoms with Crippen molar-refractivity contribution >= 4 is 17.1 Å². The molecule has 0 aliphatic rings. The number of nitrogens with zero attached hydrogens (tertiary/aromatic N) is 1. The molecule has 0 aliphatic heterocycles. The number of rotatable bonds is 2. The highest BCUT2D eigenvalue weighted by Crippen LogP contribution is 2.27. The lowest BCUT2D eigenvalue weighted by molar-refractivity contribution is 0.112. The van der Waals surface area contributed by atoms with Crippen molar-refractivity contribution in [1.82, 2.24) is 4.98 Å². The van der Waals surface area contributed by atoms with E-state index in [1.54, 1.807) is 6.20 Å². The number of hydrogen-bond acceptors (Lipinski definition) is 2. The summed E-state index contributed by atoms with van der Waals surface area (Å²) in [5.74, 6) is 0. The molecule has 0 saturated heterocycles. The lowest BCUT2D eigenvalue weighted by Crippen LogP contribution is -1.94. The Morgan fingerprint density at radius 1 is 1.00 bits per heavy atom. The van der Waals surface area contributed by atoms with Crippen molar-refractivity contribution in [1.29, 1.82) is 0 Å². The van der Waals surface area contributed by atoms with E-state index in [4.69, 9.17) is 0 Å². The highest BCUT2D eigenvalue weighted by atomic mass is 16.1. The first kappa shape index (κ1) is 11.6. The van der Waals surface area contributed by atoms with E-state index >= 15 is 0 Å². The predicted molar refractivity (Wildman–Crippen MR) is 77.3 cm³/mol. The van der Waals surface area contributed by atoms with Gasteiger partial charge >= 0.3 is 0 Å². The highest BCUT2D eigenvalue weighted by Gasteiger charge is 2.08. The van der Waals surface area contributed by atoms with E-state index in [0.717, 1.165) is 23.1 Å². The number of carbonyl (C=O) groups is 1. The van der Waals surface area contributed by atoms with Gasteiger partial charge in [0, 0.05) is 17.5 Å². The number of benzene rings is 2. The van der Waals surface area contributed by atoms with Gasteiger partial charge in [0.25, 0.3) is 0 Å². The normalized spacial score (nSPS) is 10.6. The monoisotopic (exact) mass is 247 g/mol. The second-order valence-corrected chi connectivity index (χ2v) is 4.54. The average Bonchev–Trinajstić information content (AvgIpc) is 2.46. The van der Waals surface area contributed by atoms with Gasteiger partial charge in [-0.2, -0.15) is 0 Å². The molecule has 0 amide bonds. The second kappa shape index (κ2) is 4.65. The third-order valence-corrected chi connectivity index (χ3v) is 3.37. The summed E-state index contributed by atoms with van der Waals surface area (Å²) in [7, 11) is 0. The number of aromatic nitrogens is 1. The van der Waals surface area contributed by atoms with Gasteiger partial charge in [-0.15, -0.1) is 0 Å². The fraction of sp³-hybridized carbons (Fsp3) is 0.0588. The van der Waals surface area contributed by atoms with E-state index in [2.05, 4.69) is 29.2 Å². The lowest BCUT2D eigenvalue weighted by Gasteiger charge is -2.08. The zero-order valence-corrected chi connectivity index (χ0v) is 10.6. The number of hydrogen-bond donors (Lipinski definition) is 0. The molecule has 3 aromatic rings. The summed E-state index contributed by atoms with van der Waals surface area (Å²) < 4.78 is 0. The molecule has 1 heterocycles. The average molecular weight is 247 g/mol. The molecule has 1 aromatic heterocycles. The summed E-state index contributed by atoms with van der Waals surface area (Å²) in [5, 5.41) is 2.37. The molecule has 92 valence electrons. The first-order valence-electron chi connectivity index (χ1n) is 6.19. The molecule has 0 aliphatic carbocycles. The minimum atomic E-state index is 0.665. The largest absolute Gasteiger partial charge is 0.298 e. The molecular formula is C17H13NO. The highest BCUT2D eigenvalue weighted by molar-refractivity contribution is 5.93. The molecule has 0 N–H and O–H groups in total. The molecule has 2 aromatic carbocycles. The van der Waals surface area contributed by atoms with Crippen molar-refractivity contribution in [3.8, 4) is 11.1 Å². The van der Waals surface area contributed by atoms with E-state index in [0.29, 0.717) is 5.56 Å². The fourth-order valence-corrected chi connectivity index (χ4v) is 2.34. The van der Waals surface area contributed by atoms with Crippen molar-refractivity contribution in [2.45, 2.75) is 6.92 Å². The molecule has 2 nitrogen and oxygen atoms in total. The van der Waals surface area contributed by atoms with Crippen LogP contribution in [0.15, 0.2) is 54.7 Å². The van der Waals surface area contributed by atoms with Crippen LogP contribution in [0.5, 0.6) is 0 Å². The fourth-order valence-electron chi connectivity index (χ4n) is 2.34. The SMILES string of the molecule is Cc1nccc(-c2ccc3ccccc3c2)c1C=O. The van der Waals surface area contributed by atoms with Crippen LogP contribution in [0.4, 0.5) is 0 Å². The third kappa shape index (κ3) is 2.02. The van der Waals surface area contributed by atoms with Gasteiger partial charge in [-0.3, -0.25) is 9.78 Å². The first-order chi connectivity index (χ1) is 9.29. The van der Waals surface area contributed by atoms with Crippen molar-refractivity contribution in [3.05, 3.63) is 66.0 Å². The smallest absolute Gasteiger partial charge is 0.152 e. The van der Waals surface area contributed by atoms with E-state index in [-0.39, 0.29) is 0 Å². The Balaban J connectivity index is 2.24. The van der Waals surface area contributed by atoms with Gasteiger partial charge in [-0.05, 0) is 41.0 Å². The number of carbonyl (C=O) groups excluding carboxylic acids is 1. The van der Waals surface area contributed by atoms with Gasteiger partial charge in [0.05, 0.1) is 0 Å². The van der Waals surface area contributed by atoms with Crippen LogP contribution in [0, 0.1) is 6.92 Å². The Morgan fingerprint density at radius 3 is 2.58 bits per heavy atom. The number of aldehydes is 1. The minimum absolute atomic E-state index is 0.665. The van der Waals surface area contributed by atoms with Gasteiger partial charge in [0.1, 0.15) is 0 Å². The maximum Gasteiger partial charge on any atom is 0.152 e. The Morgan fingerprint density at radius 2 is 1.79 bits per heavy atom. The van der Waals surface area contributed by atoms with Crippen molar-refractivity contribution in [2.75, 3.05) is 0 Å². The Labute approximate surface area is 111 Å². The summed E-state index contributed by atoms with van der Waals surface area (Å²) in [6.07, 6.45) is 2.62. The van der Waals surface area contributed by atoms with Crippen LogP contribution in [-0.2, 0) is 0 Å². The van der Waals surface area contributed by atoms with Crippen molar-refractivity contribution in [2.24, 2.45) is 0 Å². The zero-order chi connectivity index (χ0) is 13.2. The van der Waals surface area contributed by atoms with Gasteiger partial charge in [0.15, 0.2) is 6.29 Å². The Bertz CT molecular complexity index is 762. The van der Waals surface area contributed by atoms with Crippen LogP contribution >= 0.6 is 0 Å². The van der Waals surface area contributed by atoms with Gasteiger partial charge < -0.3 is 0 Å². The Kier molecular flexibility index (Phi) is 2.84. The van der Waals surface area contributed by atoms with Crippen LogP contribution in [0.25, 0.3) is 21.9 Å². The van der Waals surface area contributed by atoms with Crippen LogP contribution in [0.2, 0.25) is 0 Å². The van der Waals surface area contributed by atoms with Gasteiger partial charge in [-0.1, -0.05) is 36.4 Å². The maximum absolute atomic E-state index is 11.2. The lowest BCUT2D eigenvalue weighted by atomic mass is 9.97. The number of aryl methyl sites for hydroxylation is 1. The molecule has 19 heavy (non-hydrogen) atoms. The summed E-state index contributed by atoms with van der Waals surface area (Å²) in [6, 6.07) is 16.3. The van der Waals surface area contributed by atoms with Crippen LogP contribution in [-0.4, -0.2) is 11.3 Å². The molecular weight excluding hydrogens is 234 g/mol. The quantitative estimate of drug-likeness (QED) is 0.640. The van der Waals surface area contributed by atoms with Gasteiger partial charge in [0.2, 0.25) is 0 Å². The summed E-state index contributed by atoms with van der Waals surface area (Å²) >= 11 is 0. The van der Waals surface area contributed by atoms with Crippen LogP contribution in [0.3, 0.4) is 0 Å². The van der Waals surface area contributed by atoms with E-state index < -0.39 is 0 Å². The number of pyridine rings is 1. The second-order valence-electron chi connectivity index (χ2n) is 4.54. The first-order valence-corrected chi connectivity index (χ1v) is 6.19. The van der Waals surface area contributed by atoms with Gasteiger partial charge in [-0.25, -0.2) is 0 Å². The van der Waals surface area contributed by atoms with Crippen molar-refractivity contribution in [3.63, 3.8) is 0 Å². The molecule has 0 unspecified atom stereocenters. The topological polar surface area (TPSA) is 30.0 Å². The summed E-state index contributed by atoms with van der Waals surface area (Å²) in [4.78, 5) is 15.4. The molecule has 2 heteroatoms. The maximum atomic E-state index is 11.2. The molecule has 0 saturated carbocycles.